The van der Waals surface area contributed by atoms with Crippen molar-refractivity contribution in [3.05, 3.63) is 108 Å². The Morgan fingerprint density at radius 3 is 1.87 bits per heavy atom. The van der Waals surface area contributed by atoms with Crippen LogP contribution in [0, 0.1) is 23.7 Å². The molecule has 3 rings (SSSR count). The van der Waals surface area contributed by atoms with Crippen molar-refractivity contribution in [3.8, 4) is 0 Å². The summed E-state index contributed by atoms with van der Waals surface area (Å²) in [4.78, 5) is 122. The number of carboxylic acids is 2. The number of carbonyl (C=O) groups excluding carboxylic acids is 7. The van der Waals surface area contributed by atoms with Gasteiger partial charge in [-0.25, -0.2) is 9.59 Å². The van der Waals surface area contributed by atoms with Crippen LogP contribution >= 0.6 is 0 Å². The number of ether oxygens (including phenoxy) is 1. The molecule has 8 N–H and O–H groups in total. The van der Waals surface area contributed by atoms with Crippen LogP contribution in [-0.4, -0.2) is 125 Å². The van der Waals surface area contributed by atoms with E-state index in [1.165, 1.54) is 27.8 Å². The second kappa shape index (κ2) is 27.9. The molecule has 19 heteroatoms. The number of hydrogen-bond donors (Lipinski definition) is 8. The highest BCUT2D eigenvalue weighted by Crippen LogP contribution is 2.19. The van der Waals surface area contributed by atoms with Crippen LogP contribution in [0.4, 0.5) is 0 Å². The predicted octanol–water partition coefficient (Wildman–Crippen LogP) is 2.81. The summed E-state index contributed by atoms with van der Waals surface area (Å²) in [5, 5.41) is 35.8. The van der Waals surface area contributed by atoms with Crippen LogP contribution in [0.1, 0.15) is 78.9 Å². The minimum Gasteiger partial charge on any atom is -0.480 e. The van der Waals surface area contributed by atoms with Crippen LogP contribution in [-0.2, 0) is 60.7 Å². The van der Waals surface area contributed by atoms with Gasteiger partial charge in [-0.1, -0.05) is 126 Å². The molecule has 0 spiro atoms. The molecular weight excluding hydrogens is 915 g/mol. The Labute approximate surface area is 415 Å². The van der Waals surface area contributed by atoms with Gasteiger partial charge < -0.3 is 51.8 Å². The normalized spacial score (nSPS) is 25.4. The fraction of sp³-hybridized carbons (Fsp3) is 0.481. The summed E-state index contributed by atoms with van der Waals surface area (Å²) in [6.45, 7) is 15.0. The van der Waals surface area contributed by atoms with Crippen molar-refractivity contribution >= 4 is 53.3 Å². The summed E-state index contributed by atoms with van der Waals surface area (Å²) in [6.07, 6.45) is 4.66. The Balaban J connectivity index is 2.14. The zero-order valence-corrected chi connectivity index (χ0v) is 42.0. The maximum Gasteiger partial charge on any atom is 0.327 e. The van der Waals surface area contributed by atoms with Crippen molar-refractivity contribution in [3.63, 3.8) is 0 Å². The summed E-state index contributed by atoms with van der Waals surface area (Å²) >= 11 is 0. The number of benzene rings is 2. The van der Waals surface area contributed by atoms with Crippen LogP contribution in [0.15, 0.2) is 96.7 Å². The summed E-state index contributed by atoms with van der Waals surface area (Å²) in [5.74, 6) is -12.1. The van der Waals surface area contributed by atoms with Gasteiger partial charge in [-0.05, 0) is 50.2 Å². The molecule has 1 aliphatic heterocycles. The van der Waals surface area contributed by atoms with Crippen LogP contribution in [0.25, 0.3) is 0 Å². The Kier molecular flexibility index (Phi) is 22.8. The first-order chi connectivity index (χ1) is 33.4. The van der Waals surface area contributed by atoms with Gasteiger partial charge in [0, 0.05) is 32.9 Å². The highest BCUT2D eigenvalue weighted by Gasteiger charge is 2.37. The van der Waals surface area contributed by atoms with Crippen molar-refractivity contribution in [2.45, 2.75) is 123 Å². The van der Waals surface area contributed by atoms with Gasteiger partial charge in [0.05, 0.1) is 24.0 Å². The molecule has 1 saturated heterocycles. The molecule has 0 aliphatic carbocycles. The van der Waals surface area contributed by atoms with E-state index >= 15 is 0 Å². The van der Waals surface area contributed by atoms with E-state index < -0.39 is 120 Å². The molecule has 0 radical (unpaired) electrons. The average molecular weight is 986 g/mol. The number of allylic oxidation sites excluding steroid dienone is 2. The number of nitrogens with zero attached hydrogens (tertiary/aromatic N) is 1. The maximum atomic E-state index is 14.5. The van der Waals surface area contributed by atoms with Gasteiger partial charge in [0.1, 0.15) is 35.9 Å². The van der Waals surface area contributed by atoms with Crippen molar-refractivity contribution in [1.82, 2.24) is 36.8 Å². The van der Waals surface area contributed by atoms with E-state index in [0.717, 1.165) is 16.0 Å². The zero-order valence-electron chi connectivity index (χ0n) is 42.0. The van der Waals surface area contributed by atoms with Gasteiger partial charge in [-0.2, -0.15) is 0 Å². The summed E-state index contributed by atoms with van der Waals surface area (Å²) in [7, 11) is 2.85. The molecule has 2 aromatic rings. The fourth-order valence-corrected chi connectivity index (χ4v) is 7.74. The number of carboxylic acid groups (broad SMARTS) is 2. The number of aliphatic carboxylic acids is 2. The van der Waals surface area contributed by atoms with Crippen molar-refractivity contribution in [1.29, 1.82) is 0 Å². The molecule has 1 fully saturated rings. The number of hydrogen-bond acceptors (Lipinski definition) is 10. The van der Waals surface area contributed by atoms with E-state index in [1.807, 2.05) is 50.3 Å². The number of nitrogens with one attached hydrogen (secondary N) is 6. The van der Waals surface area contributed by atoms with E-state index in [2.05, 4.69) is 38.5 Å². The molecule has 0 saturated carbocycles. The lowest BCUT2D eigenvalue weighted by atomic mass is 9.94. The predicted molar refractivity (Wildman–Crippen MR) is 265 cm³/mol. The molecule has 2 aromatic carbocycles. The average Bonchev–Trinajstić information content (AvgIpc) is 3.32. The van der Waals surface area contributed by atoms with Gasteiger partial charge in [-0.15, -0.1) is 0 Å². The van der Waals surface area contributed by atoms with Gasteiger partial charge in [0.25, 0.3) is 5.91 Å². The molecule has 1 aliphatic rings. The third-order valence-corrected chi connectivity index (χ3v) is 12.3. The molecule has 1 heterocycles. The Morgan fingerprint density at radius 1 is 0.746 bits per heavy atom. The van der Waals surface area contributed by atoms with Crippen molar-refractivity contribution < 1.29 is 58.1 Å². The summed E-state index contributed by atoms with van der Waals surface area (Å²) < 4.78 is 5.83. The monoisotopic (exact) mass is 986 g/mol. The number of carbonyl (C=O) groups is 9. The SMILES string of the molecule is C=C1C(=O)N[C@H](C)C(=O)N[C@@H](CC(C)C)C(=O)NC(C(=O)O)[C@H](C)C(=O)NC(Cc2ccccc2)C(=O)NC(/C=C/C(C)=C/[C@H](C)[C@H](Cc2ccccc2)OC)C(C)C(=O)N[C@@H](C(=O)O)CCC(=O)N1C. The number of rotatable bonds is 13. The van der Waals surface area contributed by atoms with E-state index in [4.69, 9.17) is 4.74 Å². The lowest BCUT2D eigenvalue weighted by molar-refractivity contribution is -0.146. The molecule has 19 nitrogen and oxygen atoms in total. The molecule has 10 atom stereocenters. The molecular formula is C52H71N7O12. The molecule has 4 unspecified atom stereocenters. The van der Waals surface area contributed by atoms with Gasteiger partial charge in [0.2, 0.25) is 35.4 Å². The highest BCUT2D eigenvalue weighted by atomic mass is 16.5. The Hall–Kier alpha value is -7.15. The van der Waals surface area contributed by atoms with Gasteiger partial charge in [0.15, 0.2) is 0 Å². The first kappa shape index (κ1) is 58.2. The van der Waals surface area contributed by atoms with Gasteiger partial charge in [-0.3, -0.25) is 33.6 Å². The van der Waals surface area contributed by atoms with Crippen molar-refractivity contribution in [2.75, 3.05) is 14.2 Å². The molecule has 71 heavy (non-hydrogen) atoms. The minimum absolute atomic E-state index is 0.0213. The zero-order chi connectivity index (χ0) is 53.1. The topological polar surface area (TPSA) is 279 Å². The van der Waals surface area contributed by atoms with Crippen LogP contribution in [0.3, 0.4) is 0 Å². The lowest BCUT2D eigenvalue weighted by Crippen LogP contribution is -2.59. The number of likely N-dealkylation sites (N-methyl/N-ethyl adjacent to an activating group) is 1. The Morgan fingerprint density at radius 2 is 1.31 bits per heavy atom. The first-order valence-corrected chi connectivity index (χ1v) is 23.6. The van der Waals surface area contributed by atoms with Crippen molar-refractivity contribution in [2.24, 2.45) is 23.7 Å². The number of amides is 7. The van der Waals surface area contributed by atoms with E-state index in [0.29, 0.717) is 12.0 Å². The second-order valence-electron chi connectivity index (χ2n) is 18.5. The van der Waals surface area contributed by atoms with E-state index in [1.54, 1.807) is 63.4 Å². The standard InChI is InChI=1S/C52H71N7O12/c1-29(2)25-40-50(66)58-44(52(69)70)33(6)46(62)56-41(27-36-17-13-11-14-18-36)49(65)54-38(22-21-30(3)26-31(4)42(71-10)28-37-19-15-12-16-20-37)32(5)45(61)55-39(51(67)68)23-24-43(60)59(9)35(8)48(64)53-34(7)47(63)57-40/h11-22,26,29,31-34,38-42,44H,8,23-25,27-28H2,1-7,9-10H3,(H,53,64)(H,54,65)(H,55,61)(H,56,62)(H,57,63)(H,58,66)(H,67,68)(H,69,70)/b22-21+,30-26+/t31-,32?,33-,34+,38?,39+,40-,41?,42-,44?/m0/s1. The third-order valence-electron chi connectivity index (χ3n) is 12.3. The minimum atomic E-state index is -1.86. The van der Waals surface area contributed by atoms with Crippen LogP contribution in [0.5, 0.6) is 0 Å². The largest absolute Gasteiger partial charge is 0.480 e. The van der Waals surface area contributed by atoms with Crippen LogP contribution < -0.4 is 31.9 Å². The van der Waals surface area contributed by atoms with Gasteiger partial charge >= 0.3 is 11.9 Å². The summed E-state index contributed by atoms with van der Waals surface area (Å²) in [5.41, 5.74) is 2.01. The molecule has 7 amide bonds. The molecule has 0 bridgehead atoms. The van der Waals surface area contributed by atoms with E-state index in [9.17, 15) is 53.4 Å². The van der Waals surface area contributed by atoms with E-state index in [-0.39, 0.29) is 30.8 Å². The summed E-state index contributed by atoms with van der Waals surface area (Å²) in [6, 6.07) is 9.78. The fourth-order valence-electron chi connectivity index (χ4n) is 7.74. The smallest absolute Gasteiger partial charge is 0.327 e. The molecule has 386 valence electrons. The highest BCUT2D eigenvalue weighted by molar-refractivity contribution is 6.00. The second-order valence-corrected chi connectivity index (χ2v) is 18.5. The molecule has 0 aromatic heterocycles. The first-order valence-electron chi connectivity index (χ1n) is 23.6. The Bertz CT molecular complexity index is 2290. The lowest BCUT2D eigenvalue weighted by Gasteiger charge is -2.29. The maximum absolute atomic E-state index is 14.5. The van der Waals surface area contributed by atoms with Crippen LogP contribution in [0.2, 0.25) is 0 Å². The third kappa shape index (κ3) is 18.3. The quantitative estimate of drug-likeness (QED) is 0.106. The number of methoxy groups -OCH3 is 1.